The molecule has 0 saturated carbocycles. The number of halogens is 1. The zero-order chi connectivity index (χ0) is 13.5. The smallest absolute Gasteiger partial charge is 0.252 e. The lowest BCUT2D eigenvalue weighted by molar-refractivity contribution is -0.120. The predicted molar refractivity (Wildman–Crippen MR) is 71.5 cm³/mol. The molecule has 0 spiro atoms. The zero-order valence-electron chi connectivity index (χ0n) is 10.1. The van der Waals surface area contributed by atoms with Gasteiger partial charge in [-0.05, 0) is 25.1 Å². The third kappa shape index (κ3) is 4.25. The van der Waals surface area contributed by atoms with E-state index >= 15 is 0 Å². The molecule has 0 aromatic heterocycles. The number of hydrogen-bond acceptors (Lipinski definition) is 3. The molecule has 5 nitrogen and oxygen atoms in total. The van der Waals surface area contributed by atoms with E-state index in [9.17, 15) is 9.59 Å². The van der Waals surface area contributed by atoms with Gasteiger partial charge in [-0.15, -0.1) is 0 Å². The molecule has 4 N–H and O–H groups in total. The van der Waals surface area contributed by atoms with Gasteiger partial charge in [-0.25, -0.2) is 0 Å². The average molecular weight is 270 g/mol. The van der Waals surface area contributed by atoms with Crippen molar-refractivity contribution in [2.45, 2.75) is 13.3 Å². The molecule has 0 radical (unpaired) electrons. The summed E-state index contributed by atoms with van der Waals surface area (Å²) in [6.07, 6.45) is 0.236. The minimum atomic E-state index is -0.336. The van der Waals surface area contributed by atoms with Crippen molar-refractivity contribution in [2.24, 2.45) is 0 Å². The van der Waals surface area contributed by atoms with Gasteiger partial charge in [0.15, 0.2) is 0 Å². The fourth-order valence-corrected chi connectivity index (χ4v) is 1.59. The second kappa shape index (κ2) is 6.86. The van der Waals surface area contributed by atoms with Gasteiger partial charge in [0.2, 0.25) is 5.91 Å². The van der Waals surface area contributed by atoms with Gasteiger partial charge in [0.25, 0.3) is 5.91 Å². The van der Waals surface area contributed by atoms with Gasteiger partial charge in [0.1, 0.15) is 0 Å². The number of benzene rings is 1. The molecule has 0 aliphatic carbocycles. The number of anilines is 1. The zero-order valence-corrected chi connectivity index (χ0v) is 10.9. The van der Waals surface area contributed by atoms with E-state index in [1.54, 1.807) is 12.1 Å². The van der Waals surface area contributed by atoms with Crippen molar-refractivity contribution < 1.29 is 9.59 Å². The number of amides is 2. The van der Waals surface area contributed by atoms with Crippen molar-refractivity contribution in [1.82, 2.24) is 10.6 Å². The summed E-state index contributed by atoms with van der Waals surface area (Å²) in [4.78, 5) is 22.9. The number of hydrogen-bond donors (Lipinski definition) is 3. The van der Waals surface area contributed by atoms with Crippen molar-refractivity contribution in [3.63, 3.8) is 0 Å². The van der Waals surface area contributed by atoms with Crippen LogP contribution in [0.15, 0.2) is 18.2 Å². The van der Waals surface area contributed by atoms with Crippen LogP contribution in [0.1, 0.15) is 23.7 Å². The Morgan fingerprint density at radius 1 is 1.33 bits per heavy atom. The minimum Gasteiger partial charge on any atom is -0.399 e. The van der Waals surface area contributed by atoms with E-state index in [4.69, 9.17) is 17.3 Å². The van der Waals surface area contributed by atoms with Crippen molar-refractivity contribution >= 4 is 29.1 Å². The quantitative estimate of drug-likeness (QED) is 0.702. The SMILES string of the molecule is CCNC(=O)CCNC(=O)c1cc(N)ccc1Cl. The summed E-state index contributed by atoms with van der Waals surface area (Å²) < 4.78 is 0. The number of nitrogen functional groups attached to an aromatic ring is 1. The van der Waals surface area contributed by atoms with Crippen LogP contribution in [0, 0.1) is 0 Å². The Labute approximate surface area is 111 Å². The maximum Gasteiger partial charge on any atom is 0.252 e. The van der Waals surface area contributed by atoms with Crippen LogP contribution >= 0.6 is 11.6 Å². The summed E-state index contributed by atoms with van der Waals surface area (Å²) in [7, 11) is 0. The van der Waals surface area contributed by atoms with Gasteiger partial charge in [0.05, 0.1) is 10.6 Å². The van der Waals surface area contributed by atoms with Crippen LogP contribution in [0.2, 0.25) is 5.02 Å². The van der Waals surface area contributed by atoms with Crippen LogP contribution in [-0.2, 0) is 4.79 Å². The fourth-order valence-electron chi connectivity index (χ4n) is 1.39. The van der Waals surface area contributed by atoms with E-state index in [-0.39, 0.29) is 24.8 Å². The molecule has 1 aromatic carbocycles. The largest absolute Gasteiger partial charge is 0.399 e. The van der Waals surface area contributed by atoms with Crippen LogP contribution in [0.25, 0.3) is 0 Å². The Morgan fingerprint density at radius 3 is 2.72 bits per heavy atom. The van der Waals surface area contributed by atoms with Gasteiger partial charge in [-0.1, -0.05) is 11.6 Å². The van der Waals surface area contributed by atoms with Crippen molar-refractivity contribution in [3.8, 4) is 0 Å². The van der Waals surface area contributed by atoms with E-state index in [0.717, 1.165) is 0 Å². The van der Waals surface area contributed by atoms with E-state index in [2.05, 4.69) is 10.6 Å². The van der Waals surface area contributed by atoms with Gasteiger partial charge in [-0.2, -0.15) is 0 Å². The monoisotopic (exact) mass is 269 g/mol. The first-order valence-corrected chi connectivity index (χ1v) is 6.02. The molecular formula is C12H16ClN3O2. The number of carbonyl (C=O) groups is 2. The molecule has 1 rings (SSSR count). The molecule has 0 saturated heterocycles. The summed E-state index contributed by atoms with van der Waals surface area (Å²) in [5.41, 5.74) is 6.36. The molecule has 0 atom stereocenters. The molecule has 2 amide bonds. The highest BCUT2D eigenvalue weighted by Gasteiger charge is 2.10. The highest BCUT2D eigenvalue weighted by molar-refractivity contribution is 6.34. The Bertz CT molecular complexity index is 449. The van der Waals surface area contributed by atoms with Crippen LogP contribution < -0.4 is 16.4 Å². The Kier molecular flexibility index (Phi) is 5.45. The van der Waals surface area contributed by atoms with Gasteiger partial charge >= 0.3 is 0 Å². The number of rotatable bonds is 5. The van der Waals surface area contributed by atoms with Crippen molar-refractivity contribution in [1.29, 1.82) is 0 Å². The summed E-state index contributed by atoms with van der Waals surface area (Å²) in [6.45, 7) is 2.67. The van der Waals surface area contributed by atoms with Crippen LogP contribution in [0.5, 0.6) is 0 Å². The Hall–Kier alpha value is -1.75. The molecular weight excluding hydrogens is 254 g/mol. The molecule has 0 aliphatic heterocycles. The lowest BCUT2D eigenvalue weighted by atomic mass is 10.2. The number of carbonyl (C=O) groups excluding carboxylic acids is 2. The highest BCUT2D eigenvalue weighted by Crippen LogP contribution is 2.18. The normalized spacial score (nSPS) is 9.89. The lowest BCUT2D eigenvalue weighted by Gasteiger charge is -2.07. The molecule has 0 bridgehead atoms. The molecule has 6 heteroatoms. The topological polar surface area (TPSA) is 84.2 Å². The molecule has 0 aliphatic rings. The number of nitrogens with two attached hydrogens (primary N) is 1. The minimum absolute atomic E-state index is 0.100. The molecule has 98 valence electrons. The van der Waals surface area contributed by atoms with E-state index in [1.165, 1.54) is 6.07 Å². The summed E-state index contributed by atoms with van der Waals surface area (Å²) in [6, 6.07) is 4.69. The highest BCUT2D eigenvalue weighted by atomic mass is 35.5. The van der Waals surface area contributed by atoms with E-state index in [1.807, 2.05) is 6.92 Å². The van der Waals surface area contributed by atoms with Crippen LogP contribution in [-0.4, -0.2) is 24.9 Å². The first-order chi connectivity index (χ1) is 8.54. The summed E-state index contributed by atoms with van der Waals surface area (Å²) in [5, 5.41) is 5.59. The molecule has 0 unspecified atom stereocenters. The molecule has 0 heterocycles. The van der Waals surface area contributed by atoms with Crippen molar-refractivity contribution in [2.75, 3.05) is 18.8 Å². The third-order valence-electron chi connectivity index (χ3n) is 2.25. The molecule has 1 aromatic rings. The van der Waals surface area contributed by atoms with E-state index < -0.39 is 0 Å². The maximum absolute atomic E-state index is 11.8. The van der Waals surface area contributed by atoms with Crippen LogP contribution in [0.3, 0.4) is 0 Å². The van der Waals surface area contributed by atoms with E-state index in [0.29, 0.717) is 22.8 Å². The first-order valence-electron chi connectivity index (χ1n) is 5.64. The Morgan fingerprint density at radius 2 is 2.06 bits per heavy atom. The standard InChI is InChI=1S/C12H16ClN3O2/c1-2-15-11(17)5-6-16-12(18)9-7-8(14)3-4-10(9)13/h3-4,7H,2,5-6,14H2,1H3,(H,15,17)(H,16,18). The summed E-state index contributed by atoms with van der Waals surface area (Å²) in [5.74, 6) is -0.437. The third-order valence-corrected chi connectivity index (χ3v) is 2.58. The molecule has 0 fully saturated rings. The average Bonchev–Trinajstić information content (AvgIpc) is 2.32. The number of nitrogens with one attached hydrogen (secondary N) is 2. The van der Waals surface area contributed by atoms with Gasteiger partial charge < -0.3 is 16.4 Å². The Balaban J connectivity index is 2.50. The second-order valence-electron chi connectivity index (χ2n) is 3.70. The molecule has 18 heavy (non-hydrogen) atoms. The van der Waals surface area contributed by atoms with Gasteiger partial charge in [0, 0.05) is 25.2 Å². The maximum atomic E-state index is 11.8. The summed E-state index contributed by atoms with van der Waals surface area (Å²) >= 11 is 5.89. The lowest BCUT2D eigenvalue weighted by Crippen LogP contribution is -2.30. The first kappa shape index (κ1) is 14.3. The van der Waals surface area contributed by atoms with Crippen LogP contribution in [0.4, 0.5) is 5.69 Å². The second-order valence-corrected chi connectivity index (χ2v) is 4.11. The fraction of sp³-hybridized carbons (Fsp3) is 0.333. The van der Waals surface area contributed by atoms with Crippen molar-refractivity contribution in [3.05, 3.63) is 28.8 Å². The van der Waals surface area contributed by atoms with Gasteiger partial charge in [-0.3, -0.25) is 9.59 Å². The predicted octanol–water partition coefficient (Wildman–Crippen LogP) is 1.18.